The van der Waals surface area contributed by atoms with E-state index in [1.807, 2.05) is 6.92 Å². The Bertz CT molecular complexity index is 966. The largest absolute Gasteiger partial charge is 0.493 e. The highest BCUT2D eigenvalue weighted by Crippen LogP contribution is 2.38. The van der Waals surface area contributed by atoms with Gasteiger partial charge in [0.15, 0.2) is 17.3 Å². The molecule has 25 heavy (non-hydrogen) atoms. The van der Waals surface area contributed by atoms with Crippen LogP contribution in [0.2, 0.25) is 0 Å². The Morgan fingerprint density at radius 3 is 2.52 bits per heavy atom. The lowest BCUT2D eigenvalue weighted by Crippen LogP contribution is -2.14. The van der Waals surface area contributed by atoms with Crippen LogP contribution in [0.1, 0.15) is 6.92 Å². The Morgan fingerprint density at radius 1 is 1.08 bits per heavy atom. The molecule has 7 heteroatoms. The van der Waals surface area contributed by atoms with Crippen molar-refractivity contribution in [2.45, 2.75) is 11.8 Å². The number of methoxy groups -OCH3 is 1. The number of para-hydroxylation sites is 1. The van der Waals surface area contributed by atoms with Gasteiger partial charge in [-0.15, -0.1) is 0 Å². The summed E-state index contributed by atoms with van der Waals surface area (Å²) in [5.74, 6) is 1.25. The van der Waals surface area contributed by atoms with Gasteiger partial charge in [-0.3, -0.25) is 0 Å². The molecule has 0 aliphatic carbocycles. The third-order valence-corrected chi connectivity index (χ3v) is 5.32. The third kappa shape index (κ3) is 3.10. The van der Waals surface area contributed by atoms with E-state index in [1.54, 1.807) is 48.5 Å². The predicted molar refractivity (Wildman–Crippen MR) is 94.4 cm³/mol. The number of hydrogen-bond acceptors (Lipinski definition) is 5. The normalized spacial score (nSPS) is 11.3. The molecule has 3 rings (SSSR count). The van der Waals surface area contributed by atoms with Crippen LogP contribution in [0, 0.1) is 0 Å². The van der Waals surface area contributed by atoms with Gasteiger partial charge in [-0.2, -0.15) is 0 Å². The number of benzene rings is 2. The zero-order valence-corrected chi connectivity index (χ0v) is 14.7. The molecule has 0 amide bonds. The van der Waals surface area contributed by atoms with Gasteiger partial charge in [-0.05, 0) is 31.2 Å². The SMILES string of the molecule is CCOc1c(OC)cccc1-c1nccn1S(=O)(=O)c1ccccc1. The maximum absolute atomic E-state index is 13.0. The summed E-state index contributed by atoms with van der Waals surface area (Å²) in [5, 5.41) is 0. The van der Waals surface area contributed by atoms with Gasteiger partial charge in [0.2, 0.25) is 0 Å². The van der Waals surface area contributed by atoms with Crippen molar-refractivity contribution in [2.24, 2.45) is 0 Å². The Kier molecular flexibility index (Phi) is 4.76. The van der Waals surface area contributed by atoms with Crippen molar-refractivity contribution in [2.75, 3.05) is 13.7 Å². The average molecular weight is 358 g/mol. The molecule has 1 heterocycles. The molecule has 0 spiro atoms. The van der Waals surface area contributed by atoms with Crippen LogP contribution in [-0.4, -0.2) is 31.1 Å². The van der Waals surface area contributed by atoms with Gasteiger partial charge >= 0.3 is 0 Å². The summed E-state index contributed by atoms with van der Waals surface area (Å²) in [6, 6.07) is 13.5. The maximum Gasteiger partial charge on any atom is 0.269 e. The van der Waals surface area contributed by atoms with Gasteiger partial charge in [-0.25, -0.2) is 17.4 Å². The fourth-order valence-electron chi connectivity index (χ4n) is 2.53. The van der Waals surface area contributed by atoms with E-state index in [1.165, 1.54) is 19.5 Å². The molecule has 0 N–H and O–H groups in total. The molecule has 2 aromatic carbocycles. The van der Waals surface area contributed by atoms with Crippen molar-refractivity contribution in [3.8, 4) is 22.9 Å². The molecule has 0 unspecified atom stereocenters. The van der Waals surface area contributed by atoms with E-state index in [-0.39, 0.29) is 10.7 Å². The van der Waals surface area contributed by atoms with E-state index in [0.717, 1.165) is 3.97 Å². The summed E-state index contributed by atoms with van der Waals surface area (Å²) in [5.41, 5.74) is 0.547. The molecule has 0 radical (unpaired) electrons. The predicted octanol–water partition coefficient (Wildman–Crippen LogP) is 3.19. The summed E-state index contributed by atoms with van der Waals surface area (Å²) in [7, 11) is -2.23. The van der Waals surface area contributed by atoms with E-state index < -0.39 is 10.0 Å². The fraction of sp³-hybridized carbons (Fsp3) is 0.167. The summed E-state index contributed by atoms with van der Waals surface area (Å²) < 4.78 is 38.1. The van der Waals surface area contributed by atoms with Crippen LogP contribution in [0.4, 0.5) is 0 Å². The Hall–Kier alpha value is -2.80. The van der Waals surface area contributed by atoms with Crippen LogP contribution in [0.25, 0.3) is 11.4 Å². The molecular formula is C18H18N2O4S. The third-order valence-electron chi connectivity index (χ3n) is 3.64. The summed E-state index contributed by atoms with van der Waals surface area (Å²) >= 11 is 0. The van der Waals surface area contributed by atoms with Crippen molar-refractivity contribution in [3.63, 3.8) is 0 Å². The second-order valence-electron chi connectivity index (χ2n) is 5.13. The van der Waals surface area contributed by atoms with Crippen molar-refractivity contribution >= 4 is 10.0 Å². The van der Waals surface area contributed by atoms with Crippen LogP contribution >= 0.6 is 0 Å². The molecule has 0 aliphatic heterocycles. The topological polar surface area (TPSA) is 70.4 Å². The van der Waals surface area contributed by atoms with Crippen molar-refractivity contribution < 1.29 is 17.9 Å². The standard InChI is InChI=1S/C18H18N2O4S/c1-3-24-17-15(10-7-11-16(17)23-2)18-19-12-13-20(18)25(21,22)14-8-5-4-6-9-14/h4-13H,3H2,1-2H3. The number of ether oxygens (including phenoxy) is 2. The fourth-order valence-corrected chi connectivity index (χ4v) is 3.84. The van der Waals surface area contributed by atoms with Gasteiger partial charge in [-0.1, -0.05) is 24.3 Å². The highest BCUT2D eigenvalue weighted by Gasteiger charge is 2.24. The lowest BCUT2D eigenvalue weighted by Gasteiger charge is -2.15. The first-order valence-electron chi connectivity index (χ1n) is 7.73. The second-order valence-corrected chi connectivity index (χ2v) is 6.95. The van der Waals surface area contributed by atoms with Gasteiger partial charge < -0.3 is 9.47 Å². The van der Waals surface area contributed by atoms with Crippen LogP contribution in [0.15, 0.2) is 65.8 Å². The Labute approximate surface area is 146 Å². The molecular weight excluding hydrogens is 340 g/mol. The average Bonchev–Trinajstić information content (AvgIpc) is 3.13. The first-order valence-corrected chi connectivity index (χ1v) is 9.17. The summed E-state index contributed by atoms with van der Waals surface area (Å²) in [4.78, 5) is 4.43. The van der Waals surface area contributed by atoms with Crippen molar-refractivity contribution in [1.82, 2.24) is 8.96 Å². The highest BCUT2D eigenvalue weighted by molar-refractivity contribution is 7.90. The Morgan fingerprint density at radius 2 is 1.84 bits per heavy atom. The van der Waals surface area contributed by atoms with Crippen molar-refractivity contribution in [3.05, 3.63) is 60.9 Å². The molecule has 0 saturated carbocycles. The number of aromatic nitrogens is 2. The number of hydrogen-bond donors (Lipinski definition) is 0. The molecule has 0 fully saturated rings. The zero-order chi connectivity index (χ0) is 17.9. The van der Waals surface area contributed by atoms with Gasteiger partial charge in [0.1, 0.15) is 0 Å². The molecule has 0 saturated heterocycles. The molecule has 0 bridgehead atoms. The second kappa shape index (κ2) is 6.98. The molecule has 3 aromatic rings. The van der Waals surface area contributed by atoms with E-state index in [9.17, 15) is 8.42 Å². The first kappa shape index (κ1) is 17.0. The summed E-state index contributed by atoms with van der Waals surface area (Å²) in [6.45, 7) is 2.27. The number of rotatable bonds is 6. The molecule has 130 valence electrons. The van der Waals surface area contributed by atoms with E-state index in [2.05, 4.69) is 4.98 Å². The van der Waals surface area contributed by atoms with Gasteiger partial charge in [0, 0.05) is 12.4 Å². The smallest absolute Gasteiger partial charge is 0.269 e. The maximum atomic E-state index is 13.0. The molecule has 1 aromatic heterocycles. The zero-order valence-electron chi connectivity index (χ0n) is 13.9. The minimum Gasteiger partial charge on any atom is -0.493 e. The van der Waals surface area contributed by atoms with E-state index in [4.69, 9.17) is 9.47 Å². The quantitative estimate of drug-likeness (QED) is 0.677. The molecule has 6 nitrogen and oxygen atoms in total. The van der Waals surface area contributed by atoms with Crippen LogP contribution < -0.4 is 9.47 Å². The number of nitrogens with zero attached hydrogens (tertiary/aromatic N) is 2. The monoisotopic (exact) mass is 358 g/mol. The van der Waals surface area contributed by atoms with Gasteiger partial charge in [0.05, 0.1) is 24.2 Å². The molecule has 0 atom stereocenters. The highest BCUT2D eigenvalue weighted by atomic mass is 32.2. The van der Waals surface area contributed by atoms with E-state index >= 15 is 0 Å². The number of imidazole rings is 1. The van der Waals surface area contributed by atoms with Crippen LogP contribution in [0.3, 0.4) is 0 Å². The van der Waals surface area contributed by atoms with Crippen LogP contribution in [-0.2, 0) is 10.0 Å². The minimum atomic E-state index is -3.77. The van der Waals surface area contributed by atoms with E-state index in [0.29, 0.717) is 23.7 Å². The van der Waals surface area contributed by atoms with Crippen LogP contribution in [0.5, 0.6) is 11.5 Å². The van der Waals surface area contributed by atoms with Gasteiger partial charge in [0.25, 0.3) is 10.0 Å². The lowest BCUT2D eigenvalue weighted by atomic mass is 10.1. The minimum absolute atomic E-state index is 0.190. The molecule has 0 aliphatic rings. The lowest BCUT2D eigenvalue weighted by molar-refractivity contribution is 0.312. The summed E-state index contributed by atoms with van der Waals surface area (Å²) in [6.07, 6.45) is 2.87. The first-order chi connectivity index (χ1) is 12.1. The van der Waals surface area contributed by atoms with Crippen molar-refractivity contribution in [1.29, 1.82) is 0 Å². The Balaban J connectivity index is 2.19.